The van der Waals surface area contributed by atoms with Crippen LogP contribution >= 0.6 is 11.3 Å². The average Bonchev–Trinajstić information content (AvgIpc) is 3.11. The molecule has 142 valence electrons. The van der Waals surface area contributed by atoms with Crippen LogP contribution in [0.2, 0.25) is 0 Å². The molecule has 3 heterocycles. The normalized spacial score (nSPS) is 15.6. The van der Waals surface area contributed by atoms with E-state index in [0.717, 1.165) is 35.2 Å². The number of aromatic nitrogens is 1. The van der Waals surface area contributed by atoms with Crippen molar-refractivity contribution in [1.29, 1.82) is 0 Å². The lowest BCUT2D eigenvalue weighted by Gasteiger charge is -2.33. The molecule has 1 aliphatic heterocycles. The Kier molecular flexibility index (Phi) is 4.65. The highest BCUT2D eigenvalue weighted by Crippen LogP contribution is 2.40. The van der Waals surface area contributed by atoms with E-state index in [1.807, 2.05) is 29.2 Å². The van der Waals surface area contributed by atoms with Crippen molar-refractivity contribution in [1.82, 2.24) is 14.4 Å². The minimum Gasteiger partial charge on any atom is -0.494 e. The minimum absolute atomic E-state index is 0.0464. The maximum atomic E-state index is 13.2. The number of hydrogen-bond donors (Lipinski definition) is 0. The number of nitrogens with zero attached hydrogens (tertiary/aromatic N) is 3. The number of para-hydroxylation sites is 1. The predicted molar refractivity (Wildman–Crippen MR) is 109 cm³/mol. The van der Waals surface area contributed by atoms with E-state index in [-0.39, 0.29) is 11.5 Å². The number of pyridine rings is 1. The molecule has 0 N–H and O–H groups in total. The number of piperazine rings is 1. The molecule has 0 radical (unpaired) electrons. The third-order valence-electron chi connectivity index (χ3n) is 5.40. The fourth-order valence-corrected chi connectivity index (χ4v) is 5.04. The molecule has 27 heavy (non-hydrogen) atoms. The van der Waals surface area contributed by atoms with E-state index in [4.69, 9.17) is 4.74 Å². The summed E-state index contributed by atoms with van der Waals surface area (Å²) in [7, 11) is 3.29. The van der Waals surface area contributed by atoms with Gasteiger partial charge < -0.3 is 19.1 Å². The lowest BCUT2D eigenvalue weighted by atomic mass is 10.1. The second-order valence-electron chi connectivity index (χ2n) is 6.78. The summed E-state index contributed by atoms with van der Waals surface area (Å²) in [6.07, 6.45) is 0. The Morgan fingerprint density at radius 3 is 2.56 bits per heavy atom. The number of benzene rings is 1. The number of hydrogen-bond acceptors (Lipinski definition) is 5. The summed E-state index contributed by atoms with van der Waals surface area (Å²) in [5.74, 6) is 0.360. The van der Waals surface area contributed by atoms with Crippen molar-refractivity contribution in [3.63, 3.8) is 0 Å². The number of methoxy groups -OCH3 is 1. The zero-order valence-corrected chi connectivity index (χ0v) is 16.6. The summed E-state index contributed by atoms with van der Waals surface area (Å²) in [5, 5.41) is 1.46. The van der Waals surface area contributed by atoms with Gasteiger partial charge in [-0.3, -0.25) is 9.59 Å². The molecule has 0 saturated carbocycles. The Morgan fingerprint density at radius 1 is 1.19 bits per heavy atom. The summed E-state index contributed by atoms with van der Waals surface area (Å²) in [5.41, 5.74) is 0.723. The van der Waals surface area contributed by atoms with Crippen LogP contribution in [0.3, 0.4) is 0 Å². The largest absolute Gasteiger partial charge is 0.494 e. The molecule has 0 unspecified atom stereocenters. The van der Waals surface area contributed by atoms with Crippen LogP contribution in [0.4, 0.5) is 0 Å². The number of carbonyl (C=O) groups excluding carboxylic acids is 1. The molecule has 0 spiro atoms. The fraction of sp³-hybridized carbons (Fsp3) is 0.400. The van der Waals surface area contributed by atoms with E-state index in [1.165, 1.54) is 18.4 Å². The van der Waals surface area contributed by atoms with Gasteiger partial charge in [-0.1, -0.05) is 25.1 Å². The fourth-order valence-electron chi connectivity index (χ4n) is 3.78. The summed E-state index contributed by atoms with van der Waals surface area (Å²) in [6.45, 7) is 6.27. The van der Waals surface area contributed by atoms with Crippen LogP contribution < -0.4 is 10.3 Å². The maximum Gasteiger partial charge on any atom is 0.267 e. The number of ether oxygens (including phenoxy) is 1. The minimum atomic E-state index is -0.133. The number of thiophene rings is 1. The monoisotopic (exact) mass is 385 g/mol. The molecule has 3 aromatic rings. The molecule has 1 aliphatic rings. The Hall–Kier alpha value is -2.38. The number of rotatable bonds is 3. The lowest BCUT2D eigenvalue weighted by molar-refractivity contribution is 0.0645. The lowest BCUT2D eigenvalue weighted by Crippen LogP contribution is -2.48. The molecular formula is C20H23N3O3S. The first-order valence-corrected chi connectivity index (χ1v) is 9.98. The van der Waals surface area contributed by atoms with Crippen LogP contribution in [0.25, 0.3) is 21.0 Å². The van der Waals surface area contributed by atoms with Gasteiger partial charge in [-0.05, 0) is 12.6 Å². The first-order chi connectivity index (χ1) is 13.1. The number of likely N-dealkylation sites (N-methyl/N-ethyl adjacent to an activating group) is 1. The molecule has 1 aromatic carbocycles. The molecule has 4 rings (SSSR count). The van der Waals surface area contributed by atoms with E-state index >= 15 is 0 Å². The van der Waals surface area contributed by atoms with Crippen molar-refractivity contribution in [2.45, 2.75) is 6.92 Å². The van der Waals surface area contributed by atoms with E-state index in [2.05, 4.69) is 11.8 Å². The standard InChI is InChI=1S/C20H23N3O3S/c1-4-22-9-11-23(12-10-22)20(25)18-16(26-3)15-17(27-18)13-7-5-6-8-14(13)21(2)19(15)24/h5-8H,4,9-12H2,1-3H3. The molecule has 6 nitrogen and oxygen atoms in total. The highest BCUT2D eigenvalue weighted by Gasteiger charge is 2.29. The van der Waals surface area contributed by atoms with Crippen LogP contribution in [0.15, 0.2) is 29.1 Å². The van der Waals surface area contributed by atoms with Gasteiger partial charge in [0.05, 0.1) is 17.3 Å². The van der Waals surface area contributed by atoms with Gasteiger partial charge in [-0.25, -0.2) is 0 Å². The van der Waals surface area contributed by atoms with Crippen LogP contribution in [-0.2, 0) is 7.05 Å². The van der Waals surface area contributed by atoms with Gasteiger partial charge in [0.15, 0.2) is 5.75 Å². The quantitative estimate of drug-likeness (QED) is 0.695. The van der Waals surface area contributed by atoms with Gasteiger partial charge in [0.1, 0.15) is 10.3 Å². The van der Waals surface area contributed by atoms with Crippen molar-refractivity contribution in [2.24, 2.45) is 7.05 Å². The van der Waals surface area contributed by atoms with Crippen molar-refractivity contribution >= 4 is 38.2 Å². The maximum absolute atomic E-state index is 13.2. The second kappa shape index (κ2) is 6.98. The van der Waals surface area contributed by atoms with Crippen LogP contribution in [0.5, 0.6) is 5.75 Å². The van der Waals surface area contributed by atoms with Gasteiger partial charge in [-0.15, -0.1) is 11.3 Å². The summed E-state index contributed by atoms with van der Waals surface area (Å²) < 4.78 is 8.02. The number of fused-ring (bicyclic) bond motifs is 3. The van der Waals surface area contributed by atoms with Crippen molar-refractivity contribution in [2.75, 3.05) is 39.8 Å². The van der Waals surface area contributed by atoms with E-state index in [0.29, 0.717) is 29.1 Å². The summed E-state index contributed by atoms with van der Waals surface area (Å²) in [4.78, 5) is 30.9. The van der Waals surface area contributed by atoms with Gasteiger partial charge in [0.25, 0.3) is 11.5 Å². The molecule has 0 bridgehead atoms. The van der Waals surface area contributed by atoms with Crippen molar-refractivity contribution in [3.05, 3.63) is 39.5 Å². The van der Waals surface area contributed by atoms with Gasteiger partial charge >= 0.3 is 0 Å². The average molecular weight is 385 g/mol. The van der Waals surface area contributed by atoms with E-state index in [9.17, 15) is 9.59 Å². The van der Waals surface area contributed by atoms with Crippen LogP contribution in [0.1, 0.15) is 16.6 Å². The molecule has 1 fully saturated rings. The highest BCUT2D eigenvalue weighted by atomic mass is 32.1. The van der Waals surface area contributed by atoms with Crippen molar-refractivity contribution < 1.29 is 9.53 Å². The third-order valence-corrected chi connectivity index (χ3v) is 6.59. The number of amides is 1. The Morgan fingerprint density at radius 2 is 1.89 bits per heavy atom. The Labute approximate surface area is 161 Å². The summed E-state index contributed by atoms with van der Waals surface area (Å²) in [6, 6.07) is 7.77. The van der Waals surface area contributed by atoms with Crippen LogP contribution in [-0.4, -0.2) is 60.1 Å². The first-order valence-electron chi connectivity index (χ1n) is 9.16. The SMILES string of the molecule is CCN1CCN(C(=O)c2sc3c(c2OC)c(=O)n(C)c2ccccc32)CC1. The number of carbonyl (C=O) groups is 1. The predicted octanol–water partition coefficient (Wildman–Crippen LogP) is 2.54. The molecule has 7 heteroatoms. The second-order valence-corrected chi connectivity index (χ2v) is 7.80. The van der Waals surface area contributed by atoms with E-state index in [1.54, 1.807) is 11.6 Å². The van der Waals surface area contributed by atoms with Crippen molar-refractivity contribution in [3.8, 4) is 5.75 Å². The summed E-state index contributed by atoms with van der Waals surface area (Å²) >= 11 is 1.37. The Balaban J connectivity index is 1.87. The van der Waals surface area contributed by atoms with Gasteiger partial charge in [0.2, 0.25) is 0 Å². The first kappa shape index (κ1) is 18.0. The molecule has 2 aromatic heterocycles. The van der Waals surface area contributed by atoms with Gasteiger partial charge in [-0.2, -0.15) is 0 Å². The third kappa shape index (κ3) is 2.82. The smallest absolute Gasteiger partial charge is 0.267 e. The molecule has 0 aliphatic carbocycles. The molecule has 1 amide bonds. The zero-order valence-electron chi connectivity index (χ0n) is 15.8. The zero-order chi connectivity index (χ0) is 19.1. The topological polar surface area (TPSA) is 54.8 Å². The Bertz CT molecular complexity index is 1080. The molecular weight excluding hydrogens is 362 g/mol. The molecule has 0 atom stereocenters. The molecule has 1 saturated heterocycles. The van der Waals surface area contributed by atoms with E-state index < -0.39 is 0 Å². The highest BCUT2D eigenvalue weighted by molar-refractivity contribution is 7.22. The van der Waals surface area contributed by atoms with Crippen LogP contribution in [0, 0.1) is 0 Å². The van der Waals surface area contributed by atoms with Gasteiger partial charge in [0, 0.05) is 38.6 Å². The number of aryl methyl sites for hydroxylation is 1.